The van der Waals surface area contributed by atoms with Crippen molar-refractivity contribution in [1.82, 2.24) is 0 Å². The maximum Gasteiger partial charge on any atom is 0.191 e. The standard InChI is InChI=1S/C12H16O2/c1-6-7(2)12(5)8(3)11(6,4)9(13)10(12)14/h1-5H3,(H-,13,14)/p+1/t11-,12+. The first-order valence-corrected chi connectivity index (χ1v) is 4.95. The molecule has 76 valence electrons. The average molecular weight is 193 g/mol. The van der Waals surface area contributed by atoms with Crippen molar-refractivity contribution in [3.05, 3.63) is 28.6 Å². The minimum atomic E-state index is -0.428. The Morgan fingerprint density at radius 2 is 1.21 bits per heavy atom. The summed E-state index contributed by atoms with van der Waals surface area (Å²) < 4.78 is 0. The molecule has 0 fully saturated rings. The van der Waals surface area contributed by atoms with Crippen molar-refractivity contribution in [2.24, 2.45) is 10.8 Å². The molecule has 0 aromatic heterocycles. The fraction of sp³-hybridized carbons (Fsp3) is 0.583. The normalized spacial score (nSPS) is 41.6. The van der Waals surface area contributed by atoms with Crippen molar-refractivity contribution in [3.8, 4) is 0 Å². The van der Waals surface area contributed by atoms with E-state index in [0.717, 1.165) is 5.92 Å². The molecule has 2 nitrogen and oxygen atoms in total. The molecule has 0 saturated heterocycles. The number of fused-ring (bicyclic) bond motifs is 2. The summed E-state index contributed by atoms with van der Waals surface area (Å²) in [6, 6.07) is 0. The van der Waals surface area contributed by atoms with Crippen LogP contribution in [0.1, 0.15) is 34.6 Å². The smallest absolute Gasteiger partial charge is 0.191 e. The SMILES string of the molecule is CC1=C(C)[C@]2(C)C(O)=C(O)[C@@]1(C)[C+]2C. The Morgan fingerprint density at radius 3 is 1.43 bits per heavy atom. The highest BCUT2D eigenvalue weighted by Gasteiger charge is 2.73. The molecule has 0 amide bonds. The molecule has 2 N–H and O–H groups in total. The molecule has 0 heterocycles. The van der Waals surface area contributed by atoms with Crippen LogP contribution < -0.4 is 0 Å². The van der Waals surface area contributed by atoms with Crippen LogP contribution in [-0.4, -0.2) is 10.2 Å². The predicted molar refractivity (Wildman–Crippen MR) is 55.8 cm³/mol. The Balaban J connectivity index is 2.75. The zero-order chi connectivity index (χ0) is 10.9. The molecule has 2 atom stereocenters. The van der Waals surface area contributed by atoms with Crippen LogP contribution in [0.3, 0.4) is 0 Å². The van der Waals surface area contributed by atoms with Crippen molar-refractivity contribution in [2.45, 2.75) is 34.6 Å². The van der Waals surface area contributed by atoms with Crippen LogP contribution in [0.2, 0.25) is 0 Å². The van der Waals surface area contributed by atoms with Gasteiger partial charge in [0.05, 0.1) is 6.92 Å². The van der Waals surface area contributed by atoms with Gasteiger partial charge in [-0.2, -0.15) is 0 Å². The predicted octanol–water partition coefficient (Wildman–Crippen LogP) is 3.28. The molecule has 0 spiro atoms. The van der Waals surface area contributed by atoms with Gasteiger partial charge >= 0.3 is 0 Å². The third-order valence-electron chi connectivity index (χ3n) is 4.73. The molecule has 2 bridgehead atoms. The van der Waals surface area contributed by atoms with E-state index in [1.807, 2.05) is 34.6 Å². The zero-order valence-corrected chi connectivity index (χ0v) is 9.39. The second kappa shape index (κ2) is 2.13. The zero-order valence-electron chi connectivity index (χ0n) is 9.39. The lowest BCUT2D eigenvalue weighted by atomic mass is 9.74. The van der Waals surface area contributed by atoms with E-state index in [1.54, 1.807) is 0 Å². The van der Waals surface area contributed by atoms with Crippen LogP contribution in [0.5, 0.6) is 0 Å². The van der Waals surface area contributed by atoms with E-state index < -0.39 is 10.8 Å². The van der Waals surface area contributed by atoms with Crippen molar-refractivity contribution in [3.63, 3.8) is 0 Å². The molecule has 2 aliphatic carbocycles. The molecular formula is C12H17O2+. The molecule has 0 unspecified atom stereocenters. The second-order valence-corrected chi connectivity index (χ2v) is 4.82. The Morgan fingerprint density at radius 1 is 0.929 bits per heavy atom. The highest BCUT2D eigenvalue weighted by atomic mass is 16.3. The molecule has 2 heteroatoms. The highest BCUT2D eigenvalue weighted by Crippen LogP contribution is 2.69. The van der Waals surface area contributed by atoms with Gasteiger partial charge in [0, 0.05) is 0 Å². The molecule has 2 aliphatic rings. The topological polar surface area (TPSA) is 40.5 Å². The molecule has 2 rings (SSSR count). The summed E-state index contributed by atoms with van der Waals surface area (Å²) >= 11 is 0. The van der Waals surface area contributed by atoms with Crippen molar-refractivity contribution in [2.75, 3.05) is 0 Å². The maximum atomic E-state index is 9.95. The third kappa shape index (κ3) is 0.588. The van der Waals surface area contributed by atoms with Gasteiger partial charge in [0.25, 0.3) is 0 Å². The largest absolute Gasteiger partial charge is 0.504 e. The molecule has 0 aromatic carbocycles. The fourth-order valence-electron chi connectivity index (χ4n) is 3.00. The molecule has 0 saturated carbocycles. The summed E-state index contributed by atoms with van der Waals surface area (Å²) in [6.45, 7) is 10.0. The van der Waals surface area contributed by atoms with Gasteiger partial charge in [0.15, 0.2) is 22.3 Å². The lowest BCUT2D eigenvalue weighted by Crippen LogP contribution is -2.23. The Bertz CT molecular complexity index is 314. The van der Waals surface area contributed by atoms with Crippen LogP contribution in [0.4, 0.5) is 0 Å². The monoisotopic (exact) mass is 193 g/mol. The minimum absolute atomic E-state index is 0.139. The molecule has 0 aromatic rings. The van der Waals surface area contributed by atoms with Gasteiger partial charge in [-0.1, -0.05) is 0 Å². The first-order valence-electron chi connectivity index (χ1n) is 4.95. The van der Waals surface area contributed by atoms with E-state index in [2.05, 4.69) is 0 Å². The summed E-state index contributed by atoms with van der Waals surface area (Å²) in [5.74, 6) is 1.41. The van der Waals surface area contributed by atoms with Gasteiger partial charge in [0.2, 0.25) is 0 Å². The number of aliphatic hydroxyl groups excluding tert-OH is 2. The highest BCUT2D eigenvalue weighted by molar-refractivity contribution is 5.59. The lowest BCUT2D eigenvalue weighted by molar-refractivity contribution is 0.255. The Hall–Kier alpha value is -1.05. The van der Waals surface area contributed by atoms with E-state index in [1.165, 1.54) is 11.1 Å². The minimum Gasteiger partial charge on any atom is -0.504 e. The van der Waals surface area contributed by atoms with Crippen LogP contribution in [0.25, 0.3) is 0 Å². The van der Waals surface area contributed by atoms with Crippen LogP contribution in [0.15, 0.2) is 22.7 Å². The molecule has 0 radical (unpaired) electrons. The number of rotatable bonds is 0. The second-order valence-electron chi connectivity index (χ2n) is 4.82. The molecule has 0 aliphatic heterocycles. The van der Waals surface area contributed by atoms with Gasteiger partial charge in [-0.25, -0.2) is 0 Å². The third-order valence-corrected chi connectivity index (χ3v) is 4.73. The lowest BCUT2D eigenvalue weighted by Gasteiger charge is -2.19. The number of allylic oxidation sites excluding steroid dienone is 2. The van der Waals surface area contributed by atoms with Gasteiger partial charge in [-0.05, 0) is 38.8 Å². The summed E-state index contributed by atoms with van der Waals surface area (Å²) in [5, 5.41) is 19.9. The van der Waals surface area contributed by atoms with Crippen molar-refractivity contribution in [1.29, 1.82) is 0 Å². The van der Waals surface area contributed by atoms with Crippen LogP contribution in [-0.2, 0) is 0 Å². The van der Waals surface area contributed by atoms with Gasteiger partial charge in [-0.3, -0.25) is 0 Å². The molecular weight excluding hydrogens is 176 g/mol. The maximum absolute atomic E-state index is 9.95. The van der Waals surface area contributed by atoms with E-state index in [0.29, 0.717) is 0 Å². The summed E-state index contributed by atoms with van der Waals surface area (Å²) in [7, 11) is 0. The van der Waals surface area contributed by atoms with Gasteiger partial charge in [-0.15, -0.1) is 0 Å². The summed E-state index contributed by atoms with van der Waals surface area (Å²) in [5.41, 5.74) is 1.49. The first kappa shape index (κ1) is 9.50. The summed E-state index contributed by atoms with van der Waals surface area (Å²) in [6.07, 6.45) is 0. The van der Waals surface area contributed by atoms with Crippen molar-refractivity contribution < 1.29 is 10.2 Å². The number of aliphatic hydroxyl groups is 2. The van der Waals surface area contributed by atoms with E-state index in [9.17, 15) is 10.2 Å². The number of hydrogen-bond acceptors (Lipinski definition) is 2. The van der Waals surface area contributed by atoms with E-state index in [4.69, 9.17) is 0 Å². The first-order chi connectivity index (χ1) is 6.29. The van der Waals surface area contributed by atoms with Crippen LogP contribution in [0, 0.1) is 16.7 Å². The van der Waals surface area contributed by atoms with Gasteiger partial charge < -0.3 is 10.2 Å². The fourth-order valence-corrected chi connectivity index (χ4v) is 3.00. The Kier molecular flexibility index (Phi) is 1.44. The summed E-state index contributed by atoms with van der Waals surface area (Å²) in [4.78, 5) is 0. The van der Waals surface area contributed by atoms with E-state index in [-0.39, 0.29) is 11.5 Å². The van der Waals surface area contributed by atoms with E-state index >= 15 is 0 Å². The average Bonchev–Trinajstić information content (AvgIpc) is 2.37. The Labute approximate surface area is 85.0 Å². The number of hydrogen-bond donors (Lipinski definition) is 2. The molecule has 14 heavy (non-hydrogen) atoms. The quantitative estimate of drug-likeness (QED) is 0.458. The van der Waals surface area contributed by atoms with Crippen molar-refractivity contribution >= 4 is 0 Å². The van der Waals surface area contributed by atoms with Gasteiger partial charge in [0.1, 0.15) is 5.92 Å². The van der Waals surface area contributed by atoms with Crippen LogP contribution >= 0.6 is 0 Å².